The fourth-order valence-electron chi connectivity index (χ4n) is 5.91. The lowest BCUT2D eigenvalue weighted by Crippen LogP contribution is -2.25. The van der Waals surface area contributed by atoms with Crippen LogP contribution >= 0.6 is 0 Å². The molecule has 3 N–H and O–H groups in total. The zero-order valence-corrected chi connectivity index (χ0v) is 23.4. The normalized spacial score (nSPS) is 12.9. The fourth-order valence-corrected chi connectivity index (χ4v) is 5.91. The molecule has 0 radical (unpaired) electrons. The minimum Gasteiger partial charge on any atom is -0.394 e. The van der Waals surface area contributed by atoms with Crippen LogP contribution < -0.4 is 10.9 Å². The van der Waals surface area contributed by atoms with Crippen molar-refractivity contribution in [3.8, 4) is 0 Å². The number of unbranched alkanes of at least 4 members (excludes halogenated alkanes) is 6. The average Bonchev–Trinajstić information content (AvgIpc) is 3.21. The first-order chi connectivity index (χ1) is 19.3. The first-order valence-corrected chi connectivity index (χ1v) is 14.4. The van der Waals surface area contributed by atoms with Gasteiger partial charge in [0, 0.05) is 40.1 Å². The van der Waals surface area contributed by atoms with E-state index in [0.29, 0.717) is 11.5 Å². The molecule has 0 aliphatic rings. The number of aromatic amines is 1. The number of aliphatic hydroxyl groups excluding tert-OH is 1. The number of hydrogen-bond acceptors (Lipinski definition) is 3. The van der Waals surface area contributed by atoms with Gasteiger partial charge in [0.2, 0.25) is 5.56 Å². The second-order valence-corrected chi connectivity index (χ2v) is 10.6. The molecule has 8 heteroatoms. The van der Waals surface area contributed by atoms with Crippen molar-refractivity contribution < 1.29 is 18.3 Å². The van der Waals surface area contributed by atoms with Crippen LogP contribution in [0.15, 0.2) is 53.3 Å². The highest BCUT2D eigenvalue weighted by Gasteiger charge is 2.34. The van der Waals surface area contributed by atoms with E-state index in [1.165, 1.54) is 0 Å². The Bertz CT molecular complexity index is 1460. The summed E-state index contributed by atoms with van der Waals surface area (Å²) in [6, 6.07) is 14.1. The topological polar surface area (TPSA) is 70.0 Å². The smallest absolute Gasteiger partial charge is 0.394 e. The molecule has 4 rings (SSSR count). The standard InChI is InChI=1S/C32H40F3N3O2/c1-3-27-22(2)30-28(17-16-25-31(30)24(32(33,34)35)20-29(40)37-25)38(27)19-13-8-6-4-5-7-12-18-36-26(21-39)23-14-10-9-11-15-23/h9-11,14-17,20,26,36,39H,3-8,12-13,18-19,21H2,1-2H3,(H,37,40). The predicted octanol–water partition coefficient (Wildman–Crippen LogP) is 7.43. The van der Waals surface area contributed by atoms with Gasteiger partial charge in [0.05, 0.1) is 18.2 Å². The van der Waals surface area contributed by atoms with Gasteiger partial charge in [-0.3, -0.25) is 4.79 Å². The number of hydrogen-bond donors (Lipinski definition) is 3. The summed E-state index contributed by atoms with van der Waals surface area (Å²) >= 11 is 0. The van der Waals surface area contributed by atoms with E-state index in [2.05, 4.69) is 14.9 Å². The molecule has 1 unspecified atom stereocenters. The van der Waals surface area contributed by atoms with E-state index in [0.717, 1.165) is 86.8 Å². The number of nitrogens with zero attached hydrogens (tertiary/aromatic N) is 1. The summed E-state index contributed by atoms with van der Waals surface area (Å²) in [5.41, 5.74) is 2.40. The number of rotatable bonds is 14. The number of aromatic nitrogens is 2. The van der Waals surface area contributed by atoms with Gasteiger partial charge in [-0.15, -0.1) is 0 Å². The Labute approximate surface area is 233 Å². The molecule has 2 aromatic heterocycles. The van der Waals surface area contributed by atoms with Gasteiger partial charge in [-0.05, 0) is 56.0 Å². The SMILES string of the molecule is CCc1c(C)c2c3c(C(F)(F)F)cc(=O)[nH]c3ccc2n1CCCCCCCCCNC(CO)c1ccccc1. The molecule has 2 aromatic carbocycles. The average molecular weight is 556 g/mol. The van der Waals surface area contributed by atoms with Crippen LogP contribution in [0.25, 0.3) is 21.8 Å². The van der Waals surface area contributed by atoms with Crippen molar-refractivity contribution in [1.82, 2.24) is 14.9 Å². The molecule has 216 valence electrons. The maximum Gasteiger partial charge on any atom is 0.417 e. The summed E-state index contributed by atoms with van der Waals surface area (Å²) in [4.78, 5) is 14.5. The van der Waals surface area contributed by atoms with Gasteiger partial charge in [0.15, 0.2) is 0 Å². The van der Waals surface area contributed by atoms with Crippen molar-refractivity contribution in [2.45, 2.75) is 84.0 Å². The second kappa shape index (κ2) is 13.5. The molecule has 40 heavy (non-hydrogen) atoms. The van der Waals surface area contributed by atoms with Crippen molar-refractivity contribution in [1.29, 1.82) is 0 Å². The Balaban J connectivity index is 1.30. The van der Waals surface area contributed by atoms with E-state index in [-0.39, 0.29) is 23.6 Å². The second-order valence-electron chi connectivity index (χ2n) is 10.6. The molecule has 5 nitrogen and oxygen atoms in total. The Morgan fingerprint density at radius 1 is 0.950 bits per heavy atom. The largest absolute Gasteiger partial charge is 0.417 e. The molecule has 1 atom stereocenters. The molecular weight excluding hydrogens is 515 g/mol. The van der Waals surface area contributed by atoms with Crippen LogP contribution in [-0.4, -0.2) is 27.8 Å². The van der Waals surface area contributed by atoms with Crippen molar-refractivity contribution in [2.75, 3.05) is 13.2 Å². The monoisotopic (exact) mass is 555 g/mol. The van der Waals surface area contributed by atoms with Gasteiger partial charge in [-0.25, -0.2) is 0 Å². The minimum absolute atomic E-state index is 0.0251. The minimum atomic E-state index is -4.61. The number of fused-ring (bicyclic) bond motifs is 3. The molecule has 0 fully saturated rings. The van der Waals surface area contributed by atoms with Crippen molar-refractivity contribution in [2.24, 2.45) is 0 Å². The molecule has 0 aliphatic heterocycles. The van der Waals surface area contributed by atoms with Crippen LogP contribution in [0, 0.1) is 6.92 Å². The summed E-state index contributed by atoms with van der Waals surface area (Å²) in [6.07, 6.45) is 3.78. The van der Waals surface area contributed by atoms with Crippen molar-refractivity contribution in [3.05, 3.63) is 81.3 Å². The molecule has 0 spiro atoms. The molecule has 4 aromatic rings. The Hall–Kier alpha value is -3.10. The van der Waals surface area contributed by atoms with Crippen LogP contribution in [-0.2, 0) is 19.1 Å². The number of nitrogens with one attached hydrogen (secondary N) is 2. The number of benzene rings is 2. The number of halogens is 3. The van der Waals surface area contributed by atoms with Gasteiger partial charge in [-0.1, -0.05) is 69.4 Å². The fraction of sp³-hybridized carbons (Fsp3) is 0.469. The van der Waals surface area contributed by atoms with Crippen LogP contribution in [0.2, 0.25) is 0 Å². The van der Waals surface area contributed by atoms with Crippen LogP contribution in [0.5, 0.6) is 0 Å². The Kier molecular flexibility index (Phi) is 10.1. The van der Waals surface area contributed by atoms with Crippen molar-refractivity contribution >= 4 is 21.8 Å². The number of aryl methyl sites for hydroxylation is 2. The Morgan fingerprint density at radius 3 is 2.27 bits per heavy atom. The molecule has 0 saturated carbocycles. The molecule has 0 bridgehead atoms. The van der Waals surface area contributed by atoms with Gasteiger partial charge >= 0.3 is 6.18 Å². The van der Waals surface area contributed by atoms with Crippen LogP contribution in [0.1, 0.15) is 80.3 Å². The highest BCUT2D eigenvalue weighted by molar-refractivity contribution is 6.09. The number of aliphatic hydroxyl groups is 1. The van der Waals surface area contributed by atoms with Crippen LogP contribution in [0.3, 0.4) is 0 Å². The molecule has 2 heterocycles. The maximum absolute atomic E-state index is 13.9. The summed E-state index contributed by atoms with van der Waals surface area (Å²) in [7, 11) is 0. The quantitative estimate of drug-likeness (QED) is 0.142. The number of alkyl halides is 3. The third-order valence-corrected chi connectivity index (χ3v) is 7.88. The lowest BCUT2D eigenvalue weighted by atomic mass is 10.0. The highest BCUT2D eigenvalue weighted by Crippen LogP contribution is 2.39. The summed E-state index contributed by atoms with van der Waals surface area (Å²) in [6.45, 7) is 5.64. The summed E-state index contributed by atoms with van der Waals surface area (Å²) < 4.78 is 43.9. The van der Waals surface area contributed by atoms with E-state index < -0.39 is 17.3 Å². The van der Waals surface area contributed by atoms with Crippen LogP contribution in [0.4, 0.5) is 13.2 Å². The zero-order valence-electron chi connectivity index (χ0n) is 23.4. The third-order valence-electron chi connectivity index (χ3n) is 7.88. The highest BCUT2D eigenvalue weighted by atomic mass is 19.4. The first-order valence-electron chi connectivity index (χ1n) is 14.4. The maximum atomic E-state index is 13.9. The molecule has 0 saturated heterocycles. The Morgan fingerprint density at radius 2 is 1.62 bits per heavy atom. The van der Waals surface area contributed by atoms with Gasteiger partial charge in [0.1, 0.15) is 0 Å². The van der Waals surface area contributed by atoms with Gasteiger partial charge in [-0.2, -0.15) is 13.2 Å². The lowest BCUT2D eigenvalue weighted by molar-refractivity contribution is -0.136. The number of H-pyrrole nitrogens is 1. The first kappa shape index (κ1) is 29.9. The lowest BCUT2D eigenvalue weighted by Gasteiger charge is -2.16. The van der Waals surface area contributed by atoms with Gasteiger partial charge in [0.25, 0.3) is 0 Å². The van der Waals surface area contributed by atoms with Crippen molar-refractivity contribution in [3.63, 3.8) is 0 Å². The van der Waals surface area contributed by atoms with E-state index in [4.69, 9.17) is 0 Å². The van der Waals surface area contributed by atoms with E-state index in [1.807, 2.05) is 50.2 Å². The van der Waals surface area contributed by atoms with E-state index in [1.54, 1.807) is 6.07 Å². The third kappa shape index (κ3) is 6.78. The number of pyridine rings is 1. The van der Waals surface area contributed by atoms with E-state index >= 15 is 0 Å². The summed E-state index contributed by atoms with van der Waals surface area (Å²) in [5.74, 6) is 0. The van der Waals surface area contributed by atoms with E-state index in [9.17, 15) is 23.1 Å². The summed E-state index contributed by atoms with van der Waals surface area (Å²) in [5, 5.41) is 13.8. The van der Waals surface area contributed by atoms with Gasteiger partial charge < -0.3 is 20.0 Å². The predicted molar refractivity (Wildman–Crippen MR) is 156 cm³/mol. The molecule has 0 aliphatic carbocycles. The zero-order chi connectivity index (χ0) is 28.7. The molecular formula is C32H40F3N3O2. The molecule has 0 amide bonds.